The van der Waals surface area contributed by atoms with E-state index in [2.05, 4.69) is 33.1 Å². The minimum atomic E-state index is -0.879. The van der Waals surface area contributed by atoms with Gasteiger partial charge in [0.15, 0.2) is 0 Å². The van der Waals surface area contributed by atoms with Gasteiger partial charge in [-0.05, 0) is 74.9 Å². The average molecular weight is 568 g/mol. The molecule has 0 radical (unpaired) electrons. The quantitative estimate of drug-likeness (QED) is 0.248. The predicted molar refractivity (Wildman–Crippen MR) is 162 cm³/mol. The van der Waals surface area contributed by atoms with E-state index in [1.165, 1.54) is 0 Å². The highest BCUT2D eigenvalue weighted by Crippen LogP contribution is 2.29. The highest BCUT2D eigenvalue weighted by molar-refractivity contribution is 5.97. The van der Waals surface area contributed by atoms with Gasteiger partial charge in [-0.15, -0.1) is 0 Å². The van der Waals surface area contributed by atoms with Crippen molar-refractivity contribution >= 4 is 42.1 Å². The number of carboxylic acids is 2. The molecule has 5 heterocycles. The second-order valence-corrected chi connectivity index (χ2v) is 10.7. The van der Waals surface area contributed by atoms with Crippen molar-refractivity contribution in [2.24, 2.45) is 0 Å². The van der Waals surface area contributed by atoms with E-state index >= 15 is 0 Å². The Morgan fingerprint density at radius 3 is 2.12 bits per heavy atom. The van der Waals surface area contributed by atoms with Crippen molar-refractivity contribution in [2.45, 2.75) is 53.4 Å². The molecule has 42 heavy (non-hydrogen) atoms. The van der Waals surface area contributed by atoms with Gasteiger partial charge in [0.05, 0.1) is 11.3 Å². The van der Waals surface area contributed by atoms with Gasteiger partial charge in [0.1, 0.15) is 0 Å². The molecule has 0 amide bonds. The van der Waals surface area contributed by atoms with Crippen LogP contribution in [0, 0.1) is 20.8 Å². The minimum Gasteiger partial charge on any atom is -0.481 e. The number of carboxylic acid groups (broad SMARTS) is 2. The van der Waals surface area contributed by atoms with Crippen molar-refractivity contribution in [3.63, 3.8) is 0 Å². The summed E-state index contributed by atoms with van der Waals surface area (Å²) < 4.78 is 6.40. The van der Waals surface area contributed by atoms with Crippen LogP contribution >= 0.6 is 0 Å². The second-order valence-electron chi connectivity index (χ2n) is 10.7. The smallest absolute Gasteiger partial charge is 0.381 e. The normalized spacial score (nSPS) is 14.0. The first-order valence-corrected chi connectivity index (χ1v) is 13.8. The lowest BCUT2D eigenvalue weighted by Gasteiger charge is -2.01. The van der Waals surface area contributed by atoms with E-state index in [0.29, 0.717) is 24.6 Å². The Balaban J connectivity index is 1.85. The number of H-pyrrole nitrogens is 3. The lowest BCUT2D eigenvalue weighted by molar-refractivity contribution is -0.395. The Kier molecular flexibility index (Phi) is 7.51. The molecule has 2 aliphatic heterocycles. The zero-order valence-electron chi connectivity index (χ0n) is 24.2. The molecule has 0 saturated carbocycles. The number of nitrogens with one attached hydrogen (secondary N) is 4. The van der Waals surface area contributed by atoms with Gasteiger partial charge in [-0.25, -0.2) is 0 Å². The standard InChI is InChI=1S/C33H34N4O5/c1-7-20-19(6)32-37-27(20)14-25-18(5)23(10-12-31(40)41)29(35-25)15-28-22(9-11-30(38)39)17(4)24(34-28)13-26-16(3)21(8-2)33(36-26)42-32/h7-8,13-15,34-35,37H,1-2,9-12H2,3-6H3,(H,38,39)(H,40,41)/p+1. The van der Waals surface area contributed by atoms with Crippen molar-refractivity contribution < 1.29 is 29.5 Å². The van der Waals surface area contributed by atoms with E-state index in [9.17, 15) is 19.8 Å². The number of fused-ring (bicyclic) bond motifs is 7. The first-order chi connectivity index (χ1) is 20.0. The number of rotatable bonds is 8. The molecule has 0 spiro atoms. The van der Waals surface area contributed by atoms with Gasteiger partial charge in [-0.1, -0.05) is 25.3 Å². The van der Waals surface area contributed by atoms with Gasteiger partial charge in [0.2, 0.25) is 11.6 Å². The maximum absolute atomic E-state index is 11.5. The molecule has 0 fully saturated rings. The van der Waals surface area contributed by atoms with Crippen molar-refractivity contribution in [3.8, 4) is 5.88 Å². The van der Waals surface area contributed by atoms with Crippen molar-refractivity contribution in [2.75, 3.05) is 0 Å². The maximum atomic E-state index is 11.5. The summed E-state index contributed by atoms with van der Waals surface area (Å²) in [5, 5.41) is 20.5. The molecule has 9 heteroatoms. The third-order valence-electron chi connectivity index (χ3n) is 8.14. The first kappa shape index (κ1) is 28.5. The van der Waals surface area contributed by atoms with Gasteiger partial charge in [0, 0.05) is 57.7 Å². The van der Waals surface area contributed by atoms with Crippen LogP contribution in [0.1, 0.15) is 70.2 Å². The molecule has 0 saturated heterocycles. The molecule has 8 bridgehead atoms. The fourth-order valence-electron chi connectivity index (χ4n) is 5.69. The van der Waals surface area contributed by atoms with Crippen LogP contribution in [-0.4, -0.2) is 43.0 Å². The number of aromatic amines is 3. The van der Waals surface area contributed by atoms with E-state index in [1.54, 1.807) is 12.2 Å². The molecule has 3 aromatic rings. The largest absolute Gasteiger partial charge is 0.481 e. The maximum Gasteiger partial charge on any atom is 0.381 e. The Morgan fingerprint density at radius 2 is 1.48 bits per heavy atom. The van der Waals surface area contributed by atoms with Crippen LogP contribution in [0.5, 0.6) is 5.88 Å². The fraction of sp³-hybridized carbons (Fsp3) is 0.242. The predicted octanol–water partition coefficient (Wildman–Crippen LogP) is 2.66. The summed E-state index contributed by atoms with van der Waals surface area (Å²) in [6.07, 6.45) is 10.1. The minimum absolute atomic E-state index is 0.0215. The SMILES string of the molecule is C=CC1=C(C)C2=Cc3[nH]c(c(CCC(=O)O)c3C)C=c3[nH]c(c(C)c3CCC(=O)O)=Cc3[nH]c(c(C)c3C=C)OC1=[NH+]2. The number of hydrogen-bond donors (Lipinski definition) is 6. The molecule has 0 aromatic carbocycles. The summed E-state index contributed by atoms with van der Waals surface area (Å²) in [6, 6.07) is 0. The van der Waals surface area contributed by atoms with Crippen LogP contribution in [0.4, 0.5) is 0 Å². The molecule has 0 unspecified atom stereocenters. The van der Waals surface area contributed by atoms with Crippen molar-refractivity contribution in [1.29, 1.82) is 0 Å². The number of aromatic nitrogens is 3. The third kappa shape index (κ3) is 5.09. The van der Waals surface area contributed by atoms with Crippen LogP contribution in [0.3, 0.4) is 0 Å². The lowest BCUT2D eigenvalue weighted by Crippen LogP contribution is -2.69. The molecular weight excluding hydrogens is 532 g/mol. The van der Waals surface area contributed by atoms with Gasteiger partial charge >= 0.3 is 17.8 Å². The highest BCUT2D eigenvalue weighted by Gasteiger charge is 2.30. The molecule has 0 atom stereocenters. The number of hydrogen-bond acceptors (Lipinski definition) is 3. The monoisotopic (exact) mass is 567 g/mol. The molecule has 0 aliphatic carbocycles. The summed E-state index contributed by atoms with van der Waals surface area (Å²) >= 11 is 0. The zero-order chi connectivity index (χ0) is 30.3. The number of allylic oxidation sites excluding steroid dienone is 1. The fourth-order valence-corrected chi connectivity index (χ4v) is 5.69. The van der Waals surface area contributed by atoms with Crippen LogP contribution in [0.25, 0.3) is 24.3 Å². The van der Waals surface area contributed by atoms with Crippen LogP contribution < -0.4 is 20.4 Å². The summed E-state index contributed by atoms with van der Waals surface area (Å²) in [5.41, 5.74) is 10.4. The van der Waals surface area contributed by atoms with E-state index < -0.39 is 11.9 Å². The molecule has 3 aromatic heterocycles. The Labute approximate surface area is 243 Å². The summed E-state index contributed by atoms with van der Waals surface area (Å²) in [5.74, 6) is -0.647. The van der Waals surface area contributed by atoms with Crippen molar-refractivity contribution in [3.05, 3.63) is 97.2 Å². The summed E-state index contributed by atoms with van der Waals surface area (Å²) in [7, 11) is 0. The second kappa shape index (κ2) is 11.1. The molecular formula is C33H35N4O5+. The Morgan fingerprint density at radius 1 is 0.810 bits per heavy atom. The average Bonchev–Trinajstić information content (AvgIpc) is 3.59. The summed E-state index contributed by atoms with van der Waals surface area (Å²) in [4.78, 5) is 36.8. The third-order valence-corrected chi connectivity index (χ3v) is 8.14. The van der Waals surface area contributed by atoms with E-state index in [1.807, 2.05) is 45.9 Å². The number of aliphatic carboxylic acids is 2. The molecule has 2 aliphatic rings. The van der Waals surface area contributed by atoms with E-state index in [4.69, 9.17) is 4.74 Å². The first-order valence-electron chi connectivity index (χ1n) is 13.8. The van der Waals surface area contributed by atoms with Gasteiger partial charge in [-0.2, -0.15) is 4.99 Å². The van der Waals surface area contributed by atoms with Crippen LogP contribution in [-0.2, 0) is 22.4 Å². The highest BCUT2D eigenvalue weighted by atomic mass is 16.5. The van der Waals surface area contributed by atoms with E-state index in [-0.39, 0.29) is 12.8 Å². The zero-order valence-corrected chi connectivity index (χ0v) is 24.2. The Bertz CT molecular complexity index is 1890. The van der Waals surface area contributed by atoms with Gasteiger partial charge in [-0.3, -0.25) is 9.59 Å². The van der Waals surface area contributed by atoms with Gasteiger partial charge < -0.3 is 29.9 Å². The van der Waals surface area contributed by atoms with Crippen molar-refractivity contribution in [1.82, 2.24) is 15.0 Å². The van der Waals surface area contributed by atoms with Gasteiger partial charge in [0.25, 0.3) is 0 Å². The lowest BCUT2D eigenvalue weighted by atomic mass is 10.0. The molecule has 6 N–H and O–H groups in total. The molecule has 5 rings (SSSR count). The molecule has 216 valence electrons. The number of carbonyl (C=O) groups is 2. The van der Waals surface area contributed by atoms with E-state index in [0.717, 1.165) is 78.0 Å². The van der Waals surface area contributed by atoms with Crippen LogP contribution in [0.2, 0.25) is 0 Å². The molecule has 9 nitrogen and oxygen atoms in total. The van der Waals surface area contributed by atoms with Crippen LogP contribution in [0.15, 0.2) is 36.1 Å². The topological polar surface area (TPSA) is 145 Å². The summed E-state index contributed by atoms with van der Waals surface area (Å²) in [6.45, 7) is 15.9. The number of ether oxygens (including phenoxy) is 1. The Hall–Kier alpha value is -5.05.